The van der Waals surface area contributed by atoms with Crippen molar-refractivity contribution in [1.29, 1.82) is 0 Å². The van der Waals surface area contributed by atoms with E-state index in [1.807, 2.05) is 19.9 Å². The van der Waals surface area contributed by atoms with Gasteiger partial charge in [-0.2, -0.15) is 13.5 Å². The van der Waals surface area contributed by atoms with Crippen LogP contribution < -0.4 is 5.43 Å². The maximum absolute atomic E-state index is 11.8. The van der Waals surface area contributed by atoms with Gasteiger partial charge in [0, 0.05) is 30.3 Å². The zero-order valence-corrected chi connectivity index (χ0v) is 15.2. The highest BCUT2D eigenvalue weighted by molar-refractivity contribution is 7.73. The summed E-state index contributed by atoms with van der Waals surface area (Å²) in [5.74, 6) is 2.31. The molecule has 25 heavy (non-hydrogen) atoms. The SMILES string of the molecule is C#CCC1=C(OC)C=CC(C=C(C)C2=NNC(=O)CC2C)C1=S(=O)=O. The van der Waals surface area contributed by atoms with Gasteiger partial charge in [0.1, 0.15) is 5.76 Å². The van der Waals surface area contributed by atoms with E-state index < -0.39 is 16.2 Å². The van der Waals surface area contributed by atoms with Crippen LogP contribution in [-0.4, -0.2) is 32.0 Å². The highest BCUT2D eigenvalue weighted by atomic mass is 32.2. The van der Waals surface area contributed by atoms with E-state index >= 15 is 0 Å². The fourth-order valence-corrected chi connectivity index (χ4v) is 3.74. The Morgan fingerprint density at radius 3 is 2.84 bits per heavy atom. The van der Waals surface area contributed by atoms with E-state index in [9.17, 15) is 13.2 Å². The summed E-state index contributed by atoms with van der Waals surface area (Å²) in [6.45, 7) is 3.76. The van der Waals surface area contributed by atoms with E-state index in [1.165, 1.54) is 7.11 Å². The number of carbonyl (C=O) groups is 1. The molecule has 0 spiro atoms. The van der Waals surface area contributed by atoms with Crippen molar-refractivity contribution in [3.8, 4) is 12.3 Å². The number of nitrogens with zero attached hydrogens (tertiary/aromatic N) is 1. The molecule has 1 aliphatic heterocycles. The standard InChI is InChI=1S/C18H20N2O4S/c1-5-6-14-15(24-4)8-7-13(18(14)25(22)23)9-11(2)17-12(3)10-16(21)19-20-17/h1,7-9,12-13H,6,10H2,2-4H3,(H,19,21). The summed E-state index contributed by atoms with van der Waals surface area (Å²) in [5.41, 5.74) is 4.50. The Kier molecular flexibility index (Phi) is 5.99. The Morgan fingerprint density at radius 1 is 1.56 bits per heavy atom. The van der Waals surface area contributed by atoms with Gasteiger partial charge in [0.2, 0.25) is 16.2 Å². The van der Waals surface area contributed by atoms with Crippen molar-refractivity contribution in [2.24, 2.45) is 16.9 Å². The molecular weight excluding hydrogens is 340 g/mol. The zero-order valence-electron chi connectivity index (χ0n) is 14.4. The molecule has 0 saturated heterocycles. The molecule has 0 saturated carbocycles. The van der Waals surface area contributed by atoms with Crippen molar-refractivity contribution < 1.29 is 17.9 Å². The predicted octanol–water partition coefficient (Wildman–Crippen LogP) is 1.61. The number of nitrogens with one attached hydrogen (secondary N) is 1. The van der Waals surface area contributed by atoms with E-state index in [2.05, 4.69) is 16.4 Å². The zero-order chi connectivity index (χ0) is 18.6. The molecule has 1 heterocycles. The molecule has 0 aromatic heterocycles. The van der Waals surface area contributed by atoms with Gasteiger partial charge in [-0.1, -0.05) is 19.1 Å². The highest BCUT2D eigenvalue weighted by Gasteiger charge is 2.27. The molecule has 0 aromatic carbocycles. The summed E-state index contributed by atoms with van der Waals surface area (Å²) >= 11 is 0. The molecule has 1 amide bonds. The lowest BCUT2D eigenvalue weighted by Crippen LogP contribution is -2.32. The van der Waals surface area contributed by atoms with Gasteiger partial charge >= 0.3 is 0 Å². The van der Waals surface area contributed by atoms with Gasteiger partial charge in [0.15, 0.2) is 0 Å². The Morgan fingerprint density at radius 2 is 2.28 bits per heavy atom. The lowest BCUT2D eigenvalue weighted by molar-refractivity contribution is -0.121. The van der Waals surface area contributed by atoms with Gasteiger partial charge in [0.25, 0.3) is 0 Å². The summed E-state index contributed by atoms with van der Waals surface area (Å²) < 4.78 is 28.9. The molecule has 0 aromatic rings. The molecule has 2 aliphatic rings. The van der Waals surface area contributed by atoms with Gasteiger partial charge in [-0.15, -0.1) is 12.3 Å². The van der Waals surface area contributed by atoms with Crippen LogP contribution in [0.3, 0.4) is 0 Å². The second-order valence-electron chi connectivity index (χ2n) is 5.90. The number of hydrogen-bond acceptors (Lipinski definition) is 5. The third-order valence-corrected chi connectivity index (χ3v) is 5.00. The number of carbonyl (C=O) groups excluding carboxylic acids is 1. The van der Waals surface area contributed by atoms with Crippen LogP contribution in [0.5, 0.6) is 0 Å². The van der Waals surface area contributed by atoms with E-state index in [-0.39, 0.29) is 23.1 Å². The van der Waals surface area contributed by atoms with Crippen LogP contribution in [0.1, 0.15) is 26.7 Å². The molecular formula is C18H20N2O4S. The fourth-order valence-electron chi connectivity index (χ4n) is 3.00. The quantitative estimate of drug-likeness (QED) is 0.610. The molecule has 7 heteroatoms. The van der Waals surface area contributed by atoms with Crippen molar-refractivity contribution >= 4 is 26.8 Å². The summed E-state index contributed by atoms with van der Waals surface area (Å²) in [7, 11) is -0.968. The van der Waals surface area contributed by atoms with Crippen molar-refractivity contribution in [2.45, 2.75) is 26.7 Å². The third-order valence-electron chi connectivity index (χ3n) is 4.12. The van der Waals surface area contributed by atoms with Crippen LogP contribution in [0.25, 0.3) is 0 Å². The van der Waals surface area contributed by atoms with Gasteiger partial charge in [0.05, 0.1) is 17.7 Å². The van der Waals surface area contributed by atoms with Gasteiger partial charge < -0.3 is 4.74 Å². The predicted molar refractivity (Wildman–Crippen MR) is 97.2 cm³/mol. The largest absolute Gasteiger partial charge is 0.496 e. The molecule has 0 radical (unpaired) electrons. The van der Waals surface area contributed by atoms with Gasteiger partial charge in [-0.3, -0.25) is 4.79 Å². The summed E-state index contributed by atoms with van der Waals surface area (Å²) in [6.07, 6.45) is 11.2. The average Bonchev–Trinajstić information content (AvgIpc) is 2.54. The van der Waals surface area contributed by atoms with Gasteiger partial charge in [-0.25, -0.2) is 5.43 Å². The van der Waals surface area contributed by atoms with Crippen molar-refractivity contribution in [3.05, 3.63) is 35.1 Å². The van der Waals surface area contributed by atoms with Crippen molar-refractivity contribution in [1.82, 2.24) is 5.43 Å². The normalized spacial score (nSPS) is 23.8. The number of methoxy groups -OCH3 is 1. The Hall–Kier alpha value is -2.59. The highest BCUT2D eigenvalue weighted by Crippen LogP contribution is 2.27. The van der Waals surface area contributed by atoms with E-state index in [4.69, 9.17) is 11.2 Å². The van der Waals surface area contributed by atoms with Crippen LogP contribution in [0, 0.1) is 24.2 Å². The Bertz CT molecular complexity index is 875. The number of rotatable bonds is 4. The first-order valence-electron chi connectivity index (χ1n) is 7.79. The average molecular weight is 360 g/mol. The van der Waals surface area contributed by atoms with E-state index in [0.29, 0.717) is 17.8 Å². The molecule has 2 atom stereocenters. The van der Waals surface area contributed by atoms with Crippen LogP contribution in [0.4, 0.5) is 0 Å². The first kappa shape index (κ1) is 18.7. The van der Waals surface area contributed by atoms with Crippen molar-refractivity contribution in [3.63, 3.8) is 0 Å². The van der Waals surface area contributed by atoms with Gasteiger partial charge in [-0.05, 0) is 18.6 Å². The lowest BCUT2D eigenvalue weighted by atomic mass is 9.87. The number of ether oxygens (including phenoxy) is 1. The summed E-state index contributed by atoms with van der Waals surface area (Å²) in [6, 6.07) is 0. The smallest absolute Gasteiger partial charge is 0.240 e. The topological polar surface area (TPSA) is 84.8 Å². The third kappa shape index (κ3) is 4.09. The molecule has 0 fully saturated rings. The number of hydrazone groups is 1. The minimum absolute atomic E-state index is 0.0333. The summed E-state index contributed by atoms with van der Waals surface area (Å²) in [4.78, 5) is 11.6. The molecule has 6 nitrogen and oxygen atoms in total. The van der Waals surface area contributed by atoms with Crippen molar-refractivity contribution in [2.75, 3.05) is 7.11 Å². The first-order chi connectivity index (χ1) is 11.9. The molecule has 0 bridgehead atoms. The molecule has 1 aliphatic carbocycles. The Balaban J connectivity index is 2.45. The van der Waals surface area contributed by atoms with E-state index in [0.717, 1.165) is 11.3 Å². The van der Waals surface area contributed by atoms with E-state index in [1.54, 1.807) is 12.2 Å². The monoisotopic (exact) mass is 360 g/mol. The minimum Gasteiger partial charge on any atom is -0.496 e. The number of terminal acetylenes is 1. The van der Waals surface area contributed by atoms with Crippen LogP contribution in [0.15, 0.2) is 40.2 Å². The van der Waals surface area contributed by atoms with Crippen LogP contribution in [0.2, 0.25) is 0 Å². The second kappa shape index (κ2) is 7.99. The minimum atomic E-state index is -2.44. The maximum atomic E-state index is 11.8. The van der Waals surface area contributed by atoms with Crippen LogP contribution in [-0.2, 0) is 19.8 Å². The number of amides is 1. The number of allylic oxidation sites excluding steroid dienone is 5. The number of hydrogen-bond donors (Lipinski definition) is 1. The molecule has 1 N–H and O–H groups in total. The molecule has 132 valence electrons. The molecule has 2 unspecified atom stereocenters. The second-order valence-corrected chi connectivity index (χ2v) is 6.81. The lowest BCUT2D eigenvalue weighted by Gasteiger charge is -2.22. The summed E-state index contributed by atoms with van der Waals surface area (Å²) in [5, 5.41) is 4.11. The first-order valence-corrected chi connectivity index (χ1v) is 8.87. The Labute approximate surface area is 148 Å². The van der Waals surface area contributed by atoms with Crippen LogP contribution >= 0.6 is 0 Å². The maximum Gasteiger partial charge on any atom is 0.240 e. The molecule has 2 rings (SSSR count). The fraction of sp³-hybridized carbons (Fsp3) is 0.389.